The highest BCUT2D eigenvalue weighted by molar-refractivity contribution is 5.91. The van der Waals surface area contributed by atoms with Crippen molar-refractivity contribution in [3.8, 4) is 5.75 Å². The largest absolute Gasteiger partial charge is 0.507 e. The molecule has 0 radical (unpaired) electrons. The van der Waals surface area contributed by atoms with Crippen molar-refractivity contribution in [2.45, 2.75) is 25.7 Å². The van der Waals surface area contributed by atoms with Crippen molar-refractivity contribution in [3.63, 3.8) is 0 Å². The molecule has 3 rings (SSSR count). The molecule has 3 nitrogen and oxygen atoms in total. The molecule has 2 atom stereocenters. The molecule has 0 bridgehead atoms. The Balaban J connectivity index is 1.87. The fourth-order valence-electron chi connectivity index (χ4n) is 3.27. The molecule has 3 aromatic rings. The Labute approximate surface area is 153 Å². The van der Waals surface area contributed by atoms with Gasteiger partial charge in [-0.1, -0.05) is 80.6 Å². The van der Waals surface area contributed by atoms with Gasteiger partial charge in [-0.3, -0.25) is 0 Å². The molecular weight excluding hydrogens is 324 g/mol. The van der Waals surface area contributed by atoms with E-state index in [2.05, 4.69) is 31.2 Å². The van der Waals surface area contributed by atoms with Crippen molar-refractivity contribution in [3.05, 3.63) is 101 Å². The number of phenols is 1. The third-order valence-corrected chi connectivity index (χ3v) is 5.00. The van der Waals surface area contributed by atoms with E-state index >= 15 is 0 Å². The van der Waals surface area contributed by atoms with Crippen molar-refractivity contribution >= 4 is 5.97 Å². The monoisotopic (exact) mass is 346 g/mol. The zero-order valence-corrected chi connectivity index (χ0v) is 14.9. The number of hydrogen-bond acceptors (Lipinski definition) is 2. The second-order valence-electron chi connectivity index (χ2n) is 6.57. The topological polar surface area (TPSA) is 57.5 Å². The number of aromatic hydroxyl groups is 1. The fraction of sp³-hybridized carbons (Fsp3) is 0.174. The fourth-order valence-corrected chi connectivity index (χ4v) is 3.27. The molecule has 0 saturated heterocycles. The molecule has 0 fully saturated rings. The van der Waals surface area contributed by atoms with Gasteiger partial charge in [0.25, 0.3) is 0 Å². The Morgan fingerprint density at radius 3 is 1.85 bits per heavy atom. The lowest BCUT2D eigenvalue weighted by molar-refractivity contribution is 0.0693. The van der Waals surface area contributed by atoms with E-state index in [-0.39, 0.29) is 17.2 Å². The highest BCUT2D eigenvalue weighted by Crippen LogP contribution is 2.34. The summed E-state index contributed by atoms with van der Waals surface area (Å²) in [5, 5.41) is 19.5. The molecule has 0 aliphatic heterocycles. The molecule has 3 aromatic carbocycles. The van der Waals surface area contributed by atoms with Crippen LogP contribution in [0.1, 0.15) is 58.3 Å². The lowest BCUT2D eigenvalue weighted by Gasteiger charge is -2.17. The Bertz CT molecular complexity index is 898. The first-order valence-corrected chi connectivity index (χ1v) is 8.69. The van der Waals surface area contributed by atoms with Crippen molar-refractivity contribution in [2.24, 2.45) is 0 Å². The van der Waals surface area contributed by atoms with Gasteiger partial charge in [0.05, 0.1) is 0 Å². The molecule has 132 valence electrons. The second-order valence-corrected chi connectivity index (χ2v) is 6.57. The normalized spacial score (nSPS) is 13.2. The molecule has 0 spiro atoms. The SMILES string of the molecule is CC(c1ccccc1)c1ccc(C(C)c2cccc(C(=O)O)c2O)cc1. The van der Waals surface area contributed by atoms with Crippen LogP contribution in [-0.2, 0) is 0 Å². The van der Waals surface area contributed by atoms with Crippen molar-refractivity contribution < 1.29 is 15.0 Å². The van der Waals surface area contributed by atoms with Gasteiger partial charge >= 0.3 is 5.97 Å². The first-order valence-electron chi connectivity index (χ1n) is 8.69. The van der Waals surface area contributed by atoms with Gasteiger partial charge in [0.2, 0.25) is 0 Å². The van der Waals surface area contributed by atoms with Gasteiger partial charge in [-0.05, 0) is 22.8 Å². The van der Waals surface area contributed by atoms with Crippen LogP contribution in [0.25, 0.3) is 0 Å². The Kier molecular flexibility index (Phi) is 5.08. The molecule has 26 heavy (non-hydrogen) atoms. The average Bonchev–Trinajstić information content (AvgIpc) is 2.67. The Hall–Kier alpha value is -3.07. The van der Waals surface area contributed by atoms with Gasteiger partial charge < -0.3 is 10.2 Å². The minimum atomic E-state index is -1.12. The van der Waals surface area contributed by atoms with Crippen LogP contribution in [0, 0.1) is 0 Å². The maximum Gasteiger partial charge on any atom is 0.339 e. The maximum absolute atomic E-state index is 11.2. The molecule has 0 aromatic heterocycles. The summed E-state index contributed by atoms with van der Waals surface area (Å²) < 4.78 is 0. The van der Waals surface area contributed by atoms with Crippen molar-refractivity contribution in [2.75, 3.05) is 0 Å². The first kappa shape index (κ1) is 17.7. The number of carboxylic acids is 1. The van der Waals surface area contributed by atoms with Crippen LogP contribution in [-0.4, -0.2) is 16.2 Å². The van der Waals surface area contributed by atoms with Crippen LogP contribution in [0.15, 0.2) is 72.8 Å². The lowest BCUT2D eigenvalue weighted by Crippen LogP contribution is -2.03. The van der Waals surface area contributed by atoms with Crippen molar-refractivity contribution in [1.82, 2.24) is 0 Å². The van der Waals surface area contributed by atoms with Gasteiger partial charge in [0.15, 0.2) is 0 Å². The molecule has 2 N–H and O–H groups in total. The van der Waals surface area contributed by atoms with Gasteiger partial charge in [0, 0.05) is 17.4 Å². The van der Waals surface area contributed by atoms with Crippen LogP contribution in [0.2, 0.25) is 0 Å². The third kappa shape index (κ3) is 3.47. The molecule has 0 amide bonds. The Morgan fingerprint density at radius 1 is 0.731 bits per heavy atom. The van der Waals surface area contributed by atoms with Gasteiger partial charge in [0.1, 0.15) is 11.3 Å². The van der Waals surface area contributed by atoms with Crippen LogP contribution in [0.5, 0.6) is 5.75 Å². The molecule has 0 saturated carbocycles. The number of para-hydroxylation sites is 1. The van der Waals surface area contributed by atoms with E-state index in [0.717, 1.165) is 5.56 Å². The number of hydrogen-bond donors (Lipinski definition) is 2. The summed E-state index contributed by atoms with van der Waals surface area (Å²) in [6.07, 6.45) is 0. The number of aromatic carboxylic acids is 1. The predicted octanol–water partition coefficient (Wildman–Crippen LogP) is 5.39. The number of carbonyl (C=O) groups is 1. The minimum Gasteiger partial charge on any atom is -0.507 e. The second kappa shape index (κ2) is 7.44. The lowest BCUT2D eigenvalue weighted by atomic mass is 9.88. The highest BCUT2D eigenvalue weighted by Gasteiger charge is 2.18. The molecular formula is C23H22O3. The molecule has 2 unspecified atom stereocenters. The molecule has 0 aliphatic carbocycles. The van der Waals surface area contributed by atoms with E-state index in [1.54, 1.807) is 12.1 Å². The maximum atomic E-state index is 11.2. The smallest absolute Gasteiger partial charge is 0.339 e. The van der Waals surface area contributed by atoms with Gasteiger partial charge in [-0.2, -0.15) is 0 Å². The average molecular weight is 346 g/mol. The van der Waals surface area contributed by atoms with E-state index < -0.39 is 5.97 Å². The number of carboxylic acid groups (broad SMARTS) is 1. The van der Waals surface area contributed by atoms with Crippen molar-refractivity contribution in [1.29, 1.82) is 0 Å². The van der Waals surface area contributed by atoms with Gasteiger partial charge in [-0.15, -0.1) is 0 Å². The predicted molar refractivity (Wildman–Crippen MR) is 103 cm³/mol. The van der Waals surface area contributed by atoms with Crippen LogP contribution in [0.4, 0.5) is 0 Å². The molecule has 3 heteroatoms. The summed E-state index contributed by atoms with van der Waals surface area (Å²) in [6, 6.07) is 23.5. The standard InChI is InChI=1S/C23H22O3/c1-15(17-7-4-3-5-8-17)18-11-13-19(14-12-18)16(2)20-9-6-10-21(22(20)24)23(25)26/h3-16,24H,1-2H3,(H,25,26). The van der Waals surface area contributed by atoms with Crippen LogP contribution >= 0.6 is 0 Å². The quantitative estimate of drug-likeness (QED) is 0.651. The van der Waals surface area contributed by atoms with E-state index in [1.165, 1.54) is 17.2 Å². The van der Waals surface area contributed by atoms with Crippen LogP contribution in [0.3, 0.4) is 0 Å². The van der Waals surface area contributed by atoms with Crippen LogP contribution < -0.4 is 0 Å². The highest BCUT2D eigenvalue weighted by atomic mass is 16.4. The Morgan fingerprint density at radius 2 is 1.27 bits per heavy atom. The summed E-state index contributed by atoms with van der Waals surface area (Å²) in [7, 11) is 0. The zero-order valence-electron chi connectivity index (χ0n) is 14.9. The van der Waals surface area contributed by atoms with E-state index in [0.29, 0.717) is 11.5 Å². The zero-order chi connectivity index (χ0) is 18.7. The molecule has 0 heterocycles. The van der Waals surface area contributed by atoms with E-state index in [4.69, 9.17) is 0 Å². The summed E-state index contributed by atoms with van der Waals surface area (Å²) in [5.74, 6) is -1.09. The summed E-state index contributed by atoms with van der Waals surface area (Å²) in [5.41, 5.74) is 4.07. The summed E-state index contributed by atoms with van der Waals surface area (Å²) in [6.45, 7) is 4.15. The number of benzene rings is 3. The third-order valence-electron chi connectivity index (χ3n) is 5.00. The van der Waals surface area contributed by atoms with E-state index in [1.807, 2.05) is 37.3 Å². The van der Waals surface area contributed by atoms with Gasteiger partial charge in [-0.25, -0.2) is 4.79 Å². The molecule has 0 aliphatic rings. The summed E-state index contributed by atoms with van der Waals surface area (Å²) >= 11 is 0. The minimum absolute atomic E-state index is 0.0660. The van der Waals surface area contributed by atoms with E-state index in [9.17, 15) is 15.0 Å². The number of rotatable bonds is 5. The first-order chi connectivity index (χ1) is 12.5. The summed E-state index contributed by atoms with van der Waals surface area (Å²) in [4.78, 5) is 11.2.